The molecule has 31 heavy (non-hydrogen) atoms. The Morgan fingerprint density at radius 2 is 1.87 bits per heavy atom. The van der Waals surface area contributed by atoms with E-state index in [1.54, 1.807) is 6.07 Å². The van der Waals surface area contributed by atoms with Gasteiger partial charge in [0.05, 0.1) is 11.3 Å². The minimum atomic E-state index is -4.30. The molecule has 1 aromatic heterocycles. The molecule has 1 aromatic carbocycles. The van der Waals surface area contributed by atoms with Crippen molar-refractivity contribution in [3.05, 3.63) is 47.3 Å². The highest BCUT2D eigenvalue weighted by atomic mass is 19.4. The number of rotatable bonds is 5. The number of anilines is 1. The molecule has 0 bridgehead atoms. The summed E-state index contributed by atoms with van der Waals surface area (Å²) in [5.74, 6) is 0. The van der Waals surface area contributed by atoms with Gasteiger partial charge in [0, 0.05) is 69.3 Å². The lowest BCUT2D eigenvalue weighted by atomic mass is 10.0. The van der Waals surface area contributed by atoms with Crippen molar-refractivity contribution in [1.82, 2.24) is 19.6 Å². The Morgan fingerprint density at radius 1 is 1.10 bits per heavy atom. The van der Waals surface area contributed by atoms with Crippen LogP contribution in [0.4, 0.5) is 18.9 Å². The number of piperidine rings is 1. The van der Waals surface area contributed by atoms with Crippen LogP contribution in [0, 0.1) is 6.92 Å². The summed E-state index contributed by atoms with van der Waals surface area (Å²) in [5.41, 5.74) is 2.51. The maximum atomic E-state index is 13.0. The first-order valence-corrected chi connectivity index (χ1v) is 11.2. The fourth-order valence-corrected chi connectivity index (χ4v) is 4.81. The molecule has 8 heteroatoms. The number of likely N-dealkylation sites (tertiary alicyclic amines) is 1. The van der Waals surface area contributed by atoms with Gasteiger partial charge in [0.2, 0.25) is 0 Å². The number of piperazine rings is 1. The Kier molecular flexibility index (Phi) is 6.57. The molecular formula is C23H32F3N5. The zero-order chi connectivity index (χ0) is 22.0. The van der Waals surface area contributed by atoms with E-state index in [2.05, 4.69) is 39.8 Å². The van der Waals surface area contributed by atoms with E-state index in [0.29, 0.717) is 11.7 Å². The molecule has 4 rings (SSSR count). The van der Waals surface area contributed by atoms with Crippen LogP contribution in [0.1, 0.15) is 36.6 Å². The molecule has 2 saturated heterocycles. The van der Waals surface area contributed by atoms with Crippen molar-refractivity contribution < 1.29 is 13.2 Å². The molecule has 5 nitrogen and oxygen atoms in total. The number of hydrogen-bond donors (Lipinski definition) is 0. The van der Waals surface area contributed by atoms with Crippen molar-refractivity contribution in [3.63, 3.8) is 0 Å². The minimum absolute atomic E-state index is 0.513. The number of alkyl halides is 3. The van der Waals surface area contributed by atoms with Gasteiger partial charge in [0.1, 0.15) is 0 Å². The second-order valence-electron chi connectivity index (χ2n) is 8.70. The molecule has 1 atom stereocenters. The Labute approximate surface area is 182 Å². The molecule has 0 saturated carbocycles. The summed E-state index contributed by atoms with van der Waals surface area (Å²) < 4.78 is 41.1. The van der Waals surface area contributed by atoms with Gasteiger partial charge in [-0.2, -0.15) is 18.3 Å². The van der Waals surface area contributed by atoms with Crippen molar-refractivity contribution in [3.8, 4) is 0 Å². The lowest BCUT2D eigenvalue weighted by Gasteiger charge is -2.44. The molecule has 170 valence electrons. The van der Waals surface area contributed by atoms with Gasteiger partial charge < -0.3 is 4.90 Å². The van der Waals surface area contributed by atoms with E-state index in [-0.39, 0.29) is 0 Å². The van der Waals surface area contributed by atoms with Gasteiger partial charge in [0.25, 0.3) is 0 Å². The number of nitrogens with zero attached hydrogens (tertiary/aromatic N) is 5. The SMILES string of the molecule is CCn1cc(CN2CCC[C@H](N3CCN(c4cccc(C(F)(F)F)c4)CC3)C2)c(C)n1. The summed E-state index contributed by atoms with van der Waals surface area (Å²) in [6, 6.07) is 6.22. The first-order valence-electron chi connectivity index (χ1n) is 11.2. The third-order valence-electron chi connectivity index (χ3n) is 6.62. The van der Waals surface area contributed by atoms with E-state index >= 15 is 0 Å². The van der Waals surface area contributed by atoms with Crippen LogP contribution in [0.3, 0.4) is 0 Å². The summed E-state index contributed by atoms with van der Waals surface area (Å²) in [4.78, 5) is 7.13. The highest BCUT2D eigenvalue weighted by Crippen LogP contribution is 2.32. The summed E-state index contributed by atoms with van der Waals surface area (Å²) in [6.45, 7) is 11.5. The standard InChI is InChI=1S/C23H32F3N5/c1-3-31-16-19(18(2)27-31)15-28-9-5-8-22(17-28)30-12-10-29(11-13-30)21-7-4-6-20(14-21)23(24,25)26/h4,6-7,14,16,22H,3,5,8-13,15,17H2,1-2H3/t22-/m0/s1. The van der Waals surface area contributed by atoms with Crippen LogP contribution in [0.2, 0.25) is 0 Å². The van der Waals surface area contributed by atoms with Crippen molar-refractivity contribution in [2.75, 3.05) is 44.2 Å². The zero-order valence-electron chi connectivity index (χ0n) is 18.4. The smallest absolute Gasteiger partial charge is 0.369 e. The molecule has 2 aliphatic rings. The highest BCUT2D eigenvalue weighted by molar-refractivity contribution is 5.49. The normalized spacial score (nSPS) is 21.6. The number of hydrogen-bond acceptors (Lipinski definition) is 4. The fraction of sp³-hybridized carbons (Fsp3) is 0.609. The van der Waals surface area contributed by atoms with Gasteiger partial charge >= 0.3 is 6.18 Å². The van der Waals surface area contributed by atoms with E-state index < -0.39 is 11.7 Å². The molecule has 0 amide bonds. The number of aryl methyl sites for hydroxylation is 2. The Morgan fingerprint density at radius 3 is 2.55 bits per heavy atom. The molecular weight excluding hydrogens is 403 g/mol. The van der Waals surface area contributed by atoms with Crippen LogP contribution >= 0.6 is 0 Å². The second-order valence-corrected chi connectivity index (χ2v) is 8.70. The zero-order valence-corrected chi connectivity index (χ0v) is 18.4. The van der Waals surface area contributed by atoms with Gasteiger partial charge in [0.15, 0.2) is 0 Å². The van der Waals surface area contributed by atoms with Crippen molar-refractivity contribution in [2.24, 2.45) is 0 Å². The third kappa shape index (κ3) is 5.23. The summed E-state index contributed by atoms with van der Waals surface area (Å²) in [6.07, 6.45) is 0.231. The first kappa shape index (κ1) is 22.1. The average Bonchev–Trinajstić information content (AvgIpc) is 3.13. The molecule has 0 aliphatic carbocycles. The van der Waals surface area contributed by atoms with Crippen molar-refractivity contribution >= 4 is 5.69 Å². The van der Waals surface area contributed by atoms with Gasteiger partial charge in [-0.3, -0.25) is 14.5 Å². The van der Waals surface area contributed by atoms with Crippen molar-refractivity contribution in [2.45, 2.75) is 52.0 Å². The van der Waals surface area contributed by atoms with E-state index in [4.69, 9.17) is 0 Å². The highest BCUT2D eigenvalue weighted by Gasteiger charge is 2.32. The van der Waals surface area contributed by atoms with E-state index in [1.807, 2.05) is 4.68 Å². The number of halogens is 3. The Bertz CT molecular complexity index is 870. The van der Waals surface area contributed by atoms with E-state index in [9.17, 15) is 13.2 Å². The summed E-state index contributed by atoms with van der Waals surface area (Å²) in [7, 11) is 0. The van der Waals surface area contributed by atoms with E-state index in [0.717, 1.165) is 64.1 Å². The fourth-order valence-electron chi connectivity index (χ4n) is 4.81. The summed E-state index contributed by atoms with van der Waals surface area (Å²) >= 11 is 0. The molecule has 0 N–H and O–H groups in total. The van der Waals surface area contributed by atoms with Crippen LogP contribution in [0.25, 0.3) is 0 Å². The van der Waals surface area contributed by atoms with Crippen LogP contribution in [-0.2, 0) is 19.3 Å². The number of aromatic nitrogens is 2. The topological polar surface area (TPSA) is 27.5 Å². The molecule has 0 spiro atoms. The Hall–Kier alpha value is -2.06. The average molecular weight is 436 g/mol. The molecule has 2 fully saturated rings. The first-order chi connectivity index (χ1) is 14.8. The summed E-state index contributed by atoms with van der Waals surface area (Å²) in [5, 5.41) is 4.57. The van der Waals surface area contributed by atoms with Gasteiger partial charge in [-0.1, -0.05) is 6.07 Å². The molecule has 0 unspecified atom stereocenters. The Balaban J connectivity index is 1.33. The minimum Gasteiger partial charge on any atom is -0.369 e. The largest absolute Gasteiger partial charge is 0.416 e. The third-order valence-corrected chi connectivity index (χ3v) is 6.62. The lowest BCUT2D eigenvalue weighted by molar-refractivity contribution is -0.137. The van der Waals surface area contributed by atoms with Crippen molar-refractivity contribution in [1.29, 1.82) is 0 Å². The van der Waals surface area contributed by atoms with Crippen LogP contribution in [0.5, 0.6) is 0 Å². The van der Waals surface area contributed by atoms with Gasteiger partial charge in [-0.25, -0.2) is 0 Å². The molecule has 3 heterocycles. The monoisotopic (exact) mass is 435 g/mol. The maximum absolute atomic E-state index is 13.0. The molecule has 2 aromatic rings. The molecule has 0 radical (unpaired) electrons. The lowest BCUT2D eigenvalue weighted by Crippen LogP contribution is -2.55. The van der Waals surface area contributed by atoms with Crippen LogP contribution in [-0.4, -0.2) is 64.9 Å². The van der Waals surface area contributed by atoms with Gasteiger partial charge in [-0.05, 0) is 51.4 Å². The second kappa shape index (κ2) is 9.20. The number of benzene rings is 1. The quantitative estimate of drug-likeness (QED) is 0.709. The van der Waals surface area contributed by atoms with Crippen LogP contribution < -0.4 is 4.90 Å². The van der Waals surface area contributed by atoms with Crippen LogP contribution in [0.15, 0.2) is 30.5 Å². The predicted octanol–water partition coefficient (Wildman–Crippen LogP) is 4.02. The molecule has 2 aliphatic heterocycles. The van der Waals surface area contributed by atoms with Gasteiger partial charge in [-0.15, -0.1) is 0 Å². The predicted molar refractivity (Wildman–Crippen MR) is 116 cm³/mol. The maximum Gasteiger partial charge on any atom is 0.416 e. The van der Waals surface area contributed by atoms with E-state index in [1.165, 1.54) is 30.5 Å².